The Balaban J connectivity index is 2.15. The Hall–Kier alpha value is -1.23. The highest BCUT2D eigenvalue weighted by atomic mass is 19.2. The Morgan fingerprint density at radius 3 is 2.63 bits per heavy atom. The molecule has 1 aliphatic rings. The molecule has 0 saturated carbocycles. The van der Waals surface area contributed by atoms with Crippen LogP contribution in [0.3, 0.4) is 0 Å². The standard InChI is InChI=1S/C14H19F3N2/c1-3-18-11-6-7-19(8-9(11)2)12-5-4-10(15)13(16)14(12)17/h4-5,9,11,18H,3,6-8H2,1-2H3. The van der Waals surface area contributed by atoms with Crippen molar-refractivity contribution in [1.29, 1.82) is 0 Å². The van der Waals surface area contributed by atoms with Gasteiger partial charge in [0.25, 0.3) is 0 Å². The predicted octanol–water partition coefficient (Wildman–Crippen LogP) is 2.93. The van der Waals surface area contributed by atoms with Gasteiger partial charge in [-0.1, -0.05) is 13.8 Å². The third kappa shape index (κ3) is 2.86. The molecule has 5 heteroatoms. The van der Waals surface area contributed by atoms with Gasteiger partial charge in [-0.2, -0.15) is 0 Å². The van der Waals surface area contributed by atoms with E-state index in [0.717, 1.165) is 19.0 Å². The van der Waals surface area contributed by atoms with Crippen molar-refractivity contribution in [3.63, 3.8) is 0 Å². The molecular formula is C14H19F3N2. The summed E-state index contributed by atoms with van der Waals surface area (Å²) in [5.74, 6) is -3.29. The molecule has 19 heavy (non-hydrogen) atoms. The quantitative estimate of drug-likeness (QED) is 0.851. The lowest BCUT2D eigenvalue weighted by molar-refractivity contribution is 0.324. The topological polar surface area (TPSA) is 15.3 Å². The van der Waals surface area contributed by atoms with E-state index in [1.54, 1.807) is 4.90 Å². The van der Waals surface area contributed by atoms with Crippen molar-refractivity contribution in [2.75, 3.05) is 24.5 Å². The lowest BCUT2D eigenvalue weighted by Gasteiger charge is -2.38. The molecule has 0 aliphatic carbocycles. The highest BCUT2D eigenvalue weighted by Gasteiger charge is 2.28. The Bertz CT molecular complexity index is 451. The molecule has 2 unspecified atom stereocenters. The van der Waals surface area contributed by atoms with E-state index < -0.39 is 17.5 Å². The molecule has 2 nitrogen and oxygen atoms in total. The van der Waals surface area contributed by atoms with Gasteiger partial charge >= 0.3 is 0 Å². The van der Waals surface area contributed by atoms with Crippen molar-refractivity contribution in [1.82, 2.24) is 5.32 Å². The molecule has 0 radical (unpaired) electrons. The van der Waals surface area contributed by atoms with Crippen LogP contribution in [-0.4, -0.2) is 25.7 Å². The van der Waals surface area contributed by atoms with E-state index in [-0.39, 0.29) is 5.69 Å². The number of halogens is 3. The van der Waals surface area contributed by atoms with Gasteiger partial charge in [-0.25, -0.2) is 13.2 Å². The first-order chi connectivity index (χ1) is 9.04. The molecule has 0 bridgehead atoms. The number of hydrogen-bond donors (Lipinski definition) is 1. The van der Waals surface area contributed by atoms with E-state index in [1.807, 2.05) is 6.92 Å². The van der Waals surface area contributed by atoms with E-state index in [4.69, 9.17) is 0 Å². The minimum absolute atomic E-state index is 0.153. The zero-order valence-electron chi connectivity index (χ0n) is 11.2. The molecule has 1 saturated heterocycles. The molecule has 2 atom stereocenters. The molecule has 106 valence electrons. The number of piperidine rings is 1. The maximum atomic E-state index is 13.7. The Labute approximate surface area is 111 Å². The molecule has 1 heterocycles. The average molecular weight is 272 g/mol. The van der Waals surface area contributed by atoms with Gasteiger partial charge in [-0.15, -0.1) is 0 Å². The van der Waals surface area contributed by atoms with Crippen molar-refractivity contribution in [3.8, 4) is 0 Å². The van der Waals surface area contributed by atoms with Crippen LogP contribution in [0.1, 0.15) is 20.3 Å². The summed E-state index contributed by atoms with van der Waals surface area (Å²) in [6.07, 6.45) is 0.868. The van der Waals surface area contributed by atoms with Crippen molar-refractivity contribution in [2.24, 2.45) is 5.92 Å². The van der Waals surface area contributed by atoms with Gasteiger partial charge in [0.1, 0.15) is 0 Å². The smallest absolute Gasteiger partial charge is 0.196 e. The minimum atomic E-state index is -1.39. The Morgan fingerprint density at radius 1 is 1.26 bits per heavy atom. The minimum Gasteiger partial charge on any atom is -0.369 e. The van der Waals surface area contributed by atoms with Crippen molar-refractivity contribution >= 4 is 5.69 Å². The van der Waals surface area contributed by atoms with E-state index in [9.17, 15) is 13.2 Å². The number of anilines is 1. The summed E-state index contributed by atoms with van der Waals surface area (Å²) in [6, 6.07) is 2.69. The first-order valence-electron chi connectivity index (χ1n) is 6.66. The summed E-state index contributed by atoms with van der Waals surface area (Å²) in [7, 11) is 0. The molecule has 1 aliphatic heterocycles. The fraction of sp³-hybridized carbons (Fsp3) is 0.571. The SMILES string of the molecule is CCNC1CCN(c2ccc(F)c(F)c2F)CC1C. The summed E-state index contributed by atoms with van der Waals surface area (Å²) < 4.78 is 39.9. The molecule has 1 aromatic rings. The number of benzene rings is 1. The van der Waals surface area contributed by atoms with Crippen LogP contribution in [0, 0.1) is 23.4 Å². The first kappa shape index (κ1) is 14.2. The summed E-state index contributed by atoms with van der Waals surface area (Å²) in [5.41, 5.74) is 0.153. The van der Waals surface area contributed by atoms with E-state index in [0.29, 0.717) is 25.0 Å². The fourth-order valence-corrected chi connectivity index (χ4v) is 2.69. The summed E-state index contributed by atoms with van der Waals surface area (Å²) in [6.45, 7) is 6.31. The summed E-state index contributed by atoms with van der Waals surface area (Å²) in [5, 5.41) is 3.39. The lowest BCUT2D eigenvalue weighted by atomic mass is 9.93. The second-order valence-electron chi connectivity index (χ2n) is 5.07. The number of nitrogens with zero attached hydrogens (tertiary/aromatic N) is 1. The van der Waals surface area contributed by atoms with Crippen molar-refractivity contribution in [3.05, 3.63) is 29.6 Å². The molecule has 0 amide bonds. The molecule has 0 aromatic heterocycles. The summed E-state index contributed by atoms with van der Waals surface area (Å²) in [4.78, 5) is 1.79. The largest absolute Gasteiger partial charge is 0.369 e. The second kappa shape index (κ2) is 5.82. The molecule has 0 spiro atoms. The number of nitrogens with one attached hydrogen (secondary N) is 1. The van der Waals surface area contributed by atoms with Crippen LogP contribution in [0.4, 0.5) is 18.9 Å². The van der Waals surface area contributed by atoms with E-state index in [1.165, 1.54) is 6.07 Å². The van der Waals surface area contributed by atoms with Gasteiger partial charge in [0, 0.05) is 19.1 Å². The van der Waals surface area contributed by atoms with E-state index >= 15 is 0 Å². The molecular weight excluding hydrogens is 253 g/mol. The van der Waals surface area contributed by atoms with Crippen LogP contribution in [0.25, 0.3) is 0 Å². The average Bonchev–Trinajstić information content (AvgIpc) is 2.39. The van der Waals surface area contributed by atoms with Gasteiger partial charge in [0.05, 0.1) is 5.69 Å². The molecule has 2 rings (SSSR count). The molecule has 1 N–H and O–H groups in total. The Kier molecular flexibility index (Phi) is 4.34. The lowest BCUT2D eigenvalue weighted by Crippen LogP contribution is -2.48. The maximum Gasteiger partial charge on any atom is 0.196 e. The van der Waals surface area contributed by atoms with Crippen molar-refractivity contribution in [2.45, 2.75) is 26.3 Å². The van der Waals surface area contributed by atoms with Crippen LogP contribution >= 0.6 is 0 Å². The van der Waals surface area contributed by atoms with Crippen LogP contribution in [0.5, 0.6) is 0 Å². The van der Waals surface area contributed by atoms with Gasteiger partial charge in [-0.3, -0.25) is 0 Å². The third-order valence-electron chi connectivity index (χ3n) is 3.73. The summed E-state index contributed by atoms with van der Waals surface area (Å²) >= 11 is 0. The third-order valence-corrected chi connectivity index (χ3v) is 3.73. The zero-order valence-corrected chi connectivity index (χ0v) is 11.2. The first-order valence-corrected chi connectivity index (χ1v) is 6.66. The van der Waals surface area contributed by atoms with Gasteiger partial charge in [-0.05, 0) is 31.0 Å². The van der Waals surface area contributed by atoms with Gasteiger partial charge in [0.15, 0.2) is 17.5 Å². The van der Waals surface area contributed by atoms with Gasteiger partial charge < -0.3 is 10.2 Å². The number of hydrogen-bond acceptors (Lipinski definition) is 2. The fourth-order valence-electron chi connectivity index (χ4n) is 2.69. The van der Waals surface area contributed by atoms with E-state index in [2.05, 4.69) is 12.2 Å². The van der Waals surface area contributed by atoms with Crippen LogP contribution < -0.4 is 10.2 Å². The highest BCUT2D eigenvalue weighted by Crippen LogP contribution is 2.28. The zero-order chi connectivity index (χ0) is 14.0. The van der Waals surface area contributed by atoms with Crippen molar-refractivity contribution < 1.29 is 13.2 Å². The maximum absolute atomic E-state index is 13.7. The molecule has 1 fully saturated rings. The monoisotopic (exact) mass is 272 g/mol. The Morgan fingerprint density at radius 2 is 2.00 bits per heavy atom. The van der Waals surface area contributed by atoms with Gasteiger partial charge in [0.2, 0.25) is 0 Å². The van der Waals surface area contributed by atoms with Crippen LogP contribution in [-0.2, 0) is 0 Å². The second-order valence-corrected chi connectivity index (χ2v) is 5.07. The predicted molar refractivity (Wildman–Crippen MR) is 69.8 cm³/mol. The molecule has 1 aromatic carbocycles. The van der Waals surface area contributed by atoms with Crippen LogP contribution in [0.15, 0.2) is 12.1 Å². The van der Waals surface area contributed by atoms with Crippen LogP contribution in [0.2, 0.25) is 0 Å². The normalized spacial score (nSPS) is 23.7. The highest BCUT2D eigenvalue weighted by molar-refractivity contribution is 5.49. The number of rotatable bonds is 3.